The summed E-state index contributed by atoms with van der Waals surface area (Å²) < 4.78 is 37.4. The van der Waals surface area contributed by atoms with E-state index in [1.165, 1.54) is 13.2 Å². The maximum absolute atomic E-state index is 12.2. The zero-order chi connectivity index (χ0) is 14.6. The molecule has 1 aliphatic rings. The summed E-state index contributed by atoms with van der Waals surface area (Å²) in [5.41, 5.74) is 6.27. The van der Waals surface area contributed by atoms with Crippen LogP contribution in [0.2, 0.25) is 0 Å². The second-order valence-corrected chi connectivity index (χ2v) is 6.53. The van der Waals surface area contributed by atoms with E-state index in [0.717, 1.165) is 6.42 Å². The monoisotopic (exact) mass is 300 g/mol. The summed E-state index contributed by atoms with van der Waals surface area (Å²) in [5.74, 6) is 0.840. The van der Waals surface area contributed by atoms with Crippen LogP contribution < -0.4 is 15.2 Å². The SMILES string of the molecule is COc1ccc(S(=O)(=O)NCC2CCOC2)cc1CN. The molecule has 1 aliphatic heterocycles. The van der Waals surface area contributed by atoms with Crippen LogP contribution >= 0.6 is 0 Å². The molecule has 3 N–H and O–H groups in total. The maximum Gasteiger partial charge on any atom is 0.240 e. The minimum Gasteiger partial charge on any atom is -0.496 e. The summed E-state index contributed by atoms with van der Waals surface area (Å²) in [6, 6.07) is 4.69. The van der Waals surface area contributed by atoms with Crippen molar-refractivity contribution in [2.45, 2.75) is 17.9 Å². The lowest BCUT2D eigenvalue weighted by Crippen LogP contribution is -2.29. The number of hydrogen-bond donors (Lipinski definition) is 2. The maximum atomic E-state index is 12.2. The topological polar surface area (TPSA) is 90.7 Å². The van der Waals surface area contributed by atoms with Crippen LogP contribution in [0.3, 0.4) is 0 Å². The van der Waals surface area contributed by atoms with Gasteiger partial charge >= 0.3 is 0 Å². The van der Waals surface area contributed by atoms with E-state index < -0.39 is 10.0 Å². The quantitative estimate of drug-likeness (QED) is 0.797. The van der Waals surface area contributed by atoms with Gasteiger partial charge in [-0.15, -0.1) is 0 Å². The van der Waals surface area contributed by atoms with Gasteiger partial charge in [-0.05, 0) is 30.5 Å². The average molecular weight is 300 g/mol. The fraction of sp³-hybridized carbons (Fsp3) is 0.538. The smallest absolute Gasteiger partial charge is 0.240 e. The van der Waals surface area contributed by atoms with Crippen molar-refractivity contribution in [1.82, 2.24) is 4.72 Å². The van der Waals surface area contributed by atoms with Crippen LogP contribution in [0.1, 0.15) is 12.0 Å². The van der Waals surface area contributed by atoms with Gasteiger partial charge in [-0.3, -0.25) is 0 Å². The number of methoxy groups -OCH3 is 1. The highest BCUT2D eigenvalue weighted by atomic mass is 32.2. The lowest BCUT2D eigenvalue weighted by atomic mass is 10.1. The van der Waals surface area contributed by atoms with Crippen molar-refractivity contribution in [1.29, 1.82) is 0 Å². The molecule has 1 unspecified atom stereocenters. The van der Waals surface area contributed by atoms with E-state index in [1.54, 1.807) is 12.1 Å². The van der Waals surface area contributed by atoms with Gasteiger partial charge in [-0.2, -0.15) is 0 Å². The zero-order valence-electron chi connectivity index (χ0n) is 11.5. The molecule has 112 valence electrons. The molecule has 1 atom stereocenters. The molecule has 1 aromatic rings. The Morgan fingerprint density at radius 2 is 2.30 bits per heavy atom. The molecular weight excluding hydrogens is 280 g/mol. The Balaban J connectivity index is 2.11. The minimum atomic E-state index is -3.52. The van der Waals surface area contributed by atoms with Crippen LogP contribution in [0.4, 0.5) is 0 Å². The summed E-state index contributed by atoms with van der Waals surface area (Å²) in [7, 11) is -1.99. The highest BCUT2D eigenvalue weighted by molar-refractivity contribution is 7.89. The van der Waals surface area contributed by atoms with E-state index in [-0.39, 0.29) is 17.4 Å². The number of hydrogen-bond acceptors (Lipinski definition) is 5. The van der Waals surface area contributed by atoms with Crippen LogP contribution in [-0.4, -0.2) is 35.3 Å². The molecule has 20 heavy (non-hydrogen) atoms. The predicted molar refractivity (Wildman–Crippen MR) is 75.0 cm³/mol. The Hall–Kier alpha value is -1.15. The fourth-order valence-corrected chi connectivity index (χ4v) is 3.30. The van der Waals surface area contributed by atoms with Crippen LogP contribution in [0.5, 0.6) is 5.75 Å². The number of nitrogens with one attached hydrogen (secondary N) is 1. The van der Waals surface area contributed by atoms with Gasteiger partial charge in [-0.25, -0.2) is 13.1 Å². The second-order valence-electron chi connectivity index (χ2n) is 4.76. The Morgan fingerprint density at radius 1 is 1.50 bits per heavy atom. The van der Waals surface area contributed by atoms with Gasteiger partial charge in [0.2, 0.25) is 10.0 Å². The van der Waals surface area contributed by atoms with Crippen molar-refractivity contribution < 1.29 is 17.9 Å². The van der Waals surface area contributed by atoms with Crippen LogP contribution in [0.25, 0.3) is 0 Å². The van der Waals surface area contributed by atoms with E-state index in [4.69, 9.17) is 15.2 Å². The van der Waals surface area contributed by atoms with E-state index >= 15 is 0 Å². The largest absolute Gasteiger partial charge is 0.496 e. The molecule has 1 saturated heterocycles. The molecule has 2 rings (SSSR count). The van der Waals surface area contributed by atoms with Crippen molar-refractivity contribution in [2.75, 3.05) is 26.9 Å². The van der Waals surface area contributed by atoms with E-state index in [9.17, 15) is 8.42 Å². The minimum absolute atomic E-state index is 0.206. The van der Waals surface area contributed by atoms with E-state index in [1.807, 2.05) is 0 Å². The normalized spacial score (nSPS) is 19.2. The molecular formula is C13H20N2O4S. The highest BCUT2D eigenvalue weighted by Gasteiger charge is 2.21. The average Bonchev–Trinajstić information content (AvgIpc) is 2.97. The molecule has 0 bridgehead atoms. The predicted octanol–water partition coefficient (Wildman–Crippen LogP) is 0.469. The van der Waals surface area contributed by atoms with E-state index in [0.29, 0.717) is 31.1 Å². The number of nitrogens with two attached hydrogens (primary N) is 1. The lowest BCUT2D eigenvalue weighted by Gasteiger charge is -2.12. The lowest BCUT2D eigenvalue weighted by molar-refractivity contribution is 0.186. The third-order valence-corrected chi connectivity index (χ3v) is 4.79. The van der Waals surface area contributed by atoms with Crippen molar-refractivity contribution in [3.8, 4) is 5.75 Å². The number of ether oxygens (including phenoxy) is 2. The summed E-state index contributed by atoms with van der Waals surface area (Å²) >= 11 is 0. The summed E-state index contributed by atoms with van der Waals surface area (Å²) in [5, 5.41) is 0. The zero-order valence-corrected chi connectivity index (χ0v) is 12.3. The molecule has 1 fully saturated rings. The van der Waals surface area contributed by atoms with Gasteiger partial charge in [0.25, 0.3) is 0 Å². The molecule has 0 spiro atoms. The molecule has 0 amide bonds. The third kappa shape index (κ3) is 3.49. The first-order valence-corrected chi connectivity index (χ1v) is 7.99. The first-order valence-electron chi connectivity index (χ1n) is 6.51. The molecule has 0 saturated carbocycles. The Kier molecular flexibility index (Phi) is 4.98. The number of benzene rings is 1. The molecule has 0 aromatic heterocycles. The van der Waals surface area contributed by atoms with Crippen molar-refractivity contribution >= 4 is 10.0 Å². The molecule has 0 radical (unpaired) electrons. The summed E-state index contributed by atoms with van der Waals surface area (Å²) in [6.45, 7) is 1.93. The standard InChI is InChI=1S/C13H20N2O4S/c1-18-13-3-2-12(6-11(13)7-14)20(16,17)15-8-10-4-5-19-9-10/h2-3,6,10,15H,4-5,7-9,14H2,1H3. The summed E-state index contributed by atoms with van der Waals surface area (Å²) in [6.07, 6.45) is 0.888. The van der Waals surface area contributed by atoms with Gasteiger partial charge in [0.05, 0.1) is 18.6 Å². The second kappa shape index (κ2) is 6.53. The van der Waals surface area contributed by atoms with Crippen molar-refractivity contribution in [3.05, 3.63) is 23.8 Å². The van der Waals surface area contributed by atoms with Crippen molar-refractivity contribution in [3.63, 3.8) is 0 Å². The van der Waals surface area contributed by atoms with Crippen LogP contribution in [0.15, 0.2) is 23.1 Å². The Bertz CT molecular complexity index is 553. The first-order chi connectivity index (χ1) is 9.56. The molecule has 6 nitrogen and oxygen atoms in total. The Labute approximate surface area is 119 Å². The van der Waals surface area contributed by atoms with Gasteiger partial charge in [0.15, 0.2) is 0 Å². The third-order valence-electron chi connectivity index (χ3n) is 3.37. The number of rotatable bonds is 6. The summed E-state index contributed by atoms with van der Waals surface area (Å²) in [4.78, 5) is 0.206. The van der Waals surface area contributed by atoms with Gasteiger partial charge in [0.1, 0.15) is 5.75 Å². The van der Waals surface area contributed by atoms with Crippen molar-refractivity contribution in [2.24, 2.45) is 11.7 Å². The van der Waals surface area contributed by atoms with Crippen LogP contribution in [0, 0.1) is 5.92 Å². The molecule has 0 aliphatic carbocycles. The number of sulfonamides is 1. The Morgan fingerprint density at radius 3 is 2.90 bits per heavy atom. The van der Waals surface area contributed by atoms with Crippen LogP contribution in [-0.2, 0) is 21.3 Å². The first kappa shape index (κ1) is 15.2. The van der Waals surface area contributed by atoms with Gasteiger partial charge in [-0.1, -0.05) is 0 Å². The van der Waals surface area contributed by atoms with Gasteiger partial charge < -0.3 is 15.2 Å². The molecule has 7 heteroatoms. The fourth-order valence-electron chi connectivity index (χ4n) is 2.14. The molecule has 1 aromatic carbocycles. The molecule has 1 heterocycles. The van der Waals surface area contributed by atoms with E-state index in [2.05, 4.69) is 4.72 Å². The highest BCUT2D eigenvalue weighted by Crippen LogP contribution is 2.22. The van der Waals surface area contributed by atoms with Gasteiger partial charge in [0, 0.05) is 25.3 Å².